The molecule has 6 heteroatoms. The molecule has 0 bridgehead atoms. The van der Waals surface area contributed by atoms with Gasteiger partial charge in [0, 0.05) is 4.88 Å². The van der Waals surface area contributed by atoms with Crippen molar-refractivity contribution in [3.05, 3.63) is 52.2 Å². The van der Waals surface area contributed by atoms with Crippen molar-refractivity contribution >= 4 is 11.3 Å². The summed E-state index contributed by atoms with van der Waals surface area (Å²) in [7, 11) is 1.81. The quantitative estimate of drug-likeness (QED) is 0.919. The highest BCUT2D eigenvalue weighted by atomic mass is 32.1. The Morgan fingerprint density at radius 3 is 2.32 bits per heavy atom. The van der Waals surface area contributed by atoms with Crippen LogP contribution in [-0.4, -0.2) is 13.4 Å². The summed E-state index contributed by atoms with van der Waals surface area (Å²) in [5.41, 5.74) is 0.888. The van der Waals surface area contributed by atoms with E-state index in [4.69, 9.17) is 0 Å². The van der Waals surface area contributed by atoms with Crippen LogP contribution in [0.3, 0.4) is 0 Å². The van der Waals surface area contributed by atoms with E-state index in [2.05, 4.69) is 10.1 Å². The smallest absolute Gasteiger partial charge is 0.406 e. The van der Waals surface area contributed by atoms with Gasteiger partial charge in [0.25, 0.3) is 0 Å². The fraction of sp³-hybridized carbons (Fsp3) is 0.231. The Morgan fingerprint density at radius 2 is 1.84 bits per heavy atom. The molecule has 2 aromatic rings. The molecule has 1 atom stereocenters. The van der Waals surface area contributed by atoms with E-state index < -0.39 is 6.36 Å². The third-order valence-electron chi connectivity index (χ3n) is 2.56. The number of rotatable bonds is 4. The van der Waals surface area contributed by atoms with Gasteiger partial charge in [-0.2, -0.15) is 0 Å². The lowest BCUT2D eigenvalue weighted by atomic mass is 10.1. The Labute approximate surface area is 112 Å². The van der Waals surface area contributed by atoms with Crippen LogP contribution in [0.5, 0.6) is 5.75 Å². The zero-order valence-corrected chi connectivity index (χ0v) is 10.9. The van der Waals surface area contributed by atoms with Gasteiger partial charge in [-0.15, -0.1) is 24.5 Å². The molecule has 0 amide bonds. The number of benzene rings is 1. The molecule has 0 aliphatic heterocycles. The Hall–Kier alpha value is -1.53. The van der Waals surface area contributed by atoms with E-state index in [-0.39, 0.29) is 11.8 Å². The van der Waals surface area contributed by atoms with Crippen LogP contribution in [0.1, 0.15) is 16.5 Å². The molecule has 1 heterocycles. The summed E-state index contributed by atoms with van der Waals surface area (Å²) in [6.07, 6.45) is -4.66. The standard InChI is InChI=1S/C13H12F3NOS/c1-17-12(11-3-2-8-19-11)9-4-6-10(7-5-9)18-13(14,15)16/h2-8,12,17H,1H3. The van der Waals surface area contributed by atoms with E-state index in [0.29, 0.717) is 0 Å². The van der Waals surface area contributed by atoms with Gasteiger partial charge in [0.2, 0.25) is 0 Å². The molecule has 0 spiro atoms. The molecule has 0 fully saturated rings. The number of alkyl halides is 3. The summed E-state index contributed by atoms with van der Waals surface area (Å²) in [4.78, 5) is 1.10. The fourth-order valence-corrected chi connectivity index (χ4v) is 2.65. The first kappa shape index (κ1) is 13.9. The molecule has 1 N–H and O–H groups in total. The van der Waals surface area contributed by atoms with E-state index in [1.165, 1.54) is 12.1 Å². The average Bonchev–Trinajstić information content (AvgIpc) is 2.84. The summed E-state index contributed by atoms with van der Waals surface area (Å²) in [5.74, 6) is -0.211. The summed E-state index contributed by atoms with van der Waals surface area (Å²) >= 11 is 1.59. The number of hydrogen-bond acceptors (Lipinski definition) is 3. The number of ether oxygens (including phenoxy) is 1. The van der Waals surface area contributed by atoms with E-state index >= 15 is 0 Å². The highest BCUT2D eigenvalue weighted by Gasteiger charge is 2.31. The van der Waals surface area contributed by atoms with Gasteiger partial charge in [-0.3, -0.25) is 0 Å². The largest absolute Gasteiger partial charge is 0.573 e. The van der Waals surface area contributed by atoms with Crippen molar-refractivity contribution in [1.82, 2.24) is 5.32 Å². The predicted octanol–water partition coefficient (Wildman–Crippen LogP) is 3.96. The molecule has 1 aromatic carbocycles. The van der Waals surface area contributed by atoms with Crippen LogP contribution in [0.2, 0.25) is 0 Å². The zero-order valence-electron chi connectivity index (χ0n) is 10.1. The summed E-state index contributed by atoms with van der Waals surface area (Å²) < 4.78 is 40.0. The van der Waals surface area contributed by atoms with E-state index in [1.54, 1.807) is 23.5 Å². The zero-order chi connectivity index (χ0) is 13.9. The lowest BCUT2D eigenvalue weighted by molar-refractivity contribution is -0.274. The molecule has 19 heavy (non-hydrogen) atoms. The van der Waals surface area contributed by atoms with E-state index in [0.717, 1.165) is 10.4 Å². The van der Waals surface area contributed by atoms with Crippen LogP contribution < -0.4 is 10.1 Å². The molecule has 102 valence electrons. The summed E-state index contributed by atoms with van der Waals surface area (Å²) in [5, 5.41) is 5.09. The molecular weight excluding hydrogens is 275 g/mol. The van der Waals surface area contributed by atoms with E-state index in [9.17, 15) is 13.2 Å². The van der Waals surface area contributed by atoms with Crippen molar-refractivity contribution in [2.75, 3.05) is 7.05 Å². The molecule has 0 aliphatic rings. The van der Waals surface area contributed by atoms with Crippen molar-refractivity contribution in [3.8, 4) is 5.75 Å². The number of hydrogen-bond donors (Lipinski definition) is 1. The third kappa shape index (κ3) is 3.71. The lowest BCUT2D eigenvalue weighted by Crippen LogP contribution is -2.18. The molecule has 0 aliphatic carbocycles. The molecule has 0 saturated carbocycles. The van der Waals surface area contributed by atoms with Gasteiger partial charge in [0.15, 0.2) is 0 Å². The topological polar surface area (TPSA) is 21.3 Å². The van der Waals surface area contributed by atoms with Crippen LogP contribution in [0.4, 0.5) is 13.2 Å². The van der Waals surface area contributed by atoms with Crippen molar-refractivity contribution < 1.29 is 17.9 Å². The fourth-order valence-electron chi connectivity index (χ4n) is 1.79. The summed E-state index contributed by atoms with van der Waals surface area (Å²) in [6, 6.07) is 9.78. The lowest BCUT2D eigenvalue weighted by Gasteiger charge is -2.16. The van der Waals surface area contributed by atoms with Crippen molar-refractivity contribution in [2.24, 2.45) is 0 Å². The minimum absolute atomic E-state index is 0.0278. The maximum Gasteiger partial charge on any atom is 0.573 e. The molecule has 0 saturated heterocycles. The van der Waals surface area contributed by atoms with Gasteiger partial charge < -0.3 is 10.1 Å². The highest BCUT2D eigenvalue weighted by molar-refractivity contribution is 7.10. The van der Waals surface area contributed by atoms with Gasteiger partial charge in [-0.05, 0) is 36.2 Å². The van der Waals surface area contributed by atoms with Crippen LogP contribution in [0.15, 0.2) is 41.8 Å². The number of thiophene rings is 1. The first-order chi connectivity index (χ1) is 8.99. The number of halogens is 3. The Bertz CT molecular complexity index is 508. The molecule has 2 nitrogen and oxygen atoms in total. The SMILES string of the molecule is CNC(c1ccc(OC(F)(F)F)cc1)c1cccs1. The summed E-state index contributed by atoms with van der Waals surface area (Å²) in [6.45, 7) is 0. The monoisotopic (exact) mass is 287 g/mol. The van der Waals surface area contributed by atoms with Crippen molar-refractivity contribution in [3.63, 3.8) is 0 Å². The van der Waals surface area contributed by atoms with Gasteiger partial charge >= 0.3 is 6.36 Å². The minimum atomic E-state index is -4.66. The van der Waals surface area contributed by atoms with Gasteiger partial charge in [0.1, 0.15) is 5.75 Å². The normalized spacial score (nSPS) is 13.3. The Balaban J connectivity index is 2.17. The minimum Gasteiger partial charge on any atom is -0.406 e. The Kier molecular flexibility index (Phi) is 4.11. The molecule has 1 aromatic heterocycles. The van der Waals surface area contributed by atoms with Crippen LogP contribution in [0, 0.1) is 0 Å². The third-order valence-corrected chi connectivity index (χ3v) is 3.50. The predicted molar refractivity (Wildman–Crippen MR) is 68.3 cm³/mol. The molecule has 2 rings (SSSR count). The van der Waals surface area contributed by atoms with Gasteiger partial charge in [-0.1, -0.05) is 18.2 Å². The molecule has 0 radical (unpaired) electrons. The Morgan fingerprint density at radius 1 is 1.16 bits per heavy atom. The maximum absolute atomic E-state index is 12.1. The molecular formula is C13H12F3NOS. The molecule has 1 unspecified atom stereocenters. The van der Waals surface area contributed by atoms with Gasteiger partial charge in [0.05, 0.1) is 6.04 Å². The maximum atomic E-state index is 12.1. The first-order valence-corrected chi connectivity index (χ1v) is 6.44. The second kappa shape index (κ2) is 5.63. The van der Waals surface area contributed by atoms with Crippen LogP contribution >= 0.6 is 11.3 Å². The highest BCUT2D eigenvalue weighted by Crippen LogP contribution is 2.28. The van der Waals surface area contributed by atoms with Gasteiger partial charge in [-0.25, -0.2) is 0 Å². The van der Waals surface area contributed by atoms with Crippen LogP contribution in [0.25, 0.3) is 0 Å². The second-order valence-electron chi connectivity index (χ2n) is 3.85. The average molecular weight is 287 g/mol. The van der Waals surface area contributed by atoms with Crippen molar-refractivity contribution in [1.29, 1.82) is 0 Å². The number of nitrogens with one attached hydrogen (secondary N) is 1. The van der Waals surface area contributed by atoms with Crippen LogP contribution in [-0.2, 0) is 0 Å². The second-order valence-corrected chi connectivity index (χ2v) is 4.83. The van der Waals surface area contributed by atoms with E-state index in [1.807, 2.05) is 24.6 Å². The van der Waals surface area contributed by atoms with Crippen molar-refractivity contribution in [2.45, 2.75) is 12.4 Å². The first-order valence-electron chi connectivity index (χ1n) is 5.56.